The van der Waals surface area contributed by atoms with Crippen molar-refractivity contribution in [3.05, 3.63) is 41.7 Å². The number of likely N-dealkylation sites (tertiary alicyclic amines) is 1. The summed E-state index contributed by atoms with van der Waals surface area (Å²) in [4.78, 5) is 18.6. The number of aryl methyl sites for hydroxylation is 1. The number of benzene rings is 1. The van der Waals surface area contributed by atoms with E-state index in [0.717, 1.165) is 31.9 Å². The van der Waals surface area contributed by atoms with Crippen molar-refractivity contribution in [2.75, 3.05) is 18.8 Å². The van der Waals surface area contributed by atoms with Crippen molar-refractivity contribution in [1.29, 1.82) is 0 Å². The molecule has 7 heteroatoms. The number of carbonyl (C=O) groups is 1. The molecule has 1 fully saturated rings. The smallest absolute Gasteiger partial charge is 0.230 e. The minimum Gasteiger partial charge on any atom is -0.351 e. The second-order valence-corrected chi connectivity index (χ2v) is 6.71. The number of nitrogens with one attached hydrogen (secondary N) is 2. The van der Waals surface area contributed by atoms with Gasteiger partial charge in [-0.15, -0.1) is 5.10 Å². The van der Waals surface area contributed by atoms with Crippen LogP contribution in [-0.4, -0.2) is 50.9 Å². The molecule has 1 aliphatic rings. The quantitative estimate of drug-likeness (QED) is 0.787. The summed E-state index contributed by atoms with van der Waals surface area (Å²) in [6, 6.07) is 10.7. The molecule has 1 saturated heterocycles. The molecule has 2 aromatic rings. The number of aromatic nitrogens is 3. The Morgan fingerprint density at radius 3 is 3.00 bits per heavy atom. The standard InChI is InChI=1S/C16H21N5OS/c1-12-17-16(20-19-12)23-11-15(22)18-14-7-8-21(10-14)9-13-5-3-2-4-6-13/h2-6,14H,7-11H2,1H3,(H,18,22)(H,17,19,20)/t14-/m0/s1. The number of aromatic amines is 1. The molecule has 0 saturated carbocycles. The SMILES string of the molecule is Cc1nc(SCC(=O)N[C@H]2CCN(Cc3ccccc3)C2)n[nH]1. The molecule has 1 atom stereocenters. The predicted octanol–water partition coefficient (Wildman–Crippen LogP) is 1.60. The predicted molar refractivity (Wildman–Crippen MR) is 90.1 cm³/mol. The summed E-state index contributed by atoms with van der Waals surface area (Å²) in [5.74, 6) is 1.16. The maximum atomic E-state index is 12.0. The molecule has 3 rings (SSSR count). The molecular weight excluding hydrogens is 310 g/mol. The molecule has 1 aromatic carbocycles. The van der Waals surface area contributed by atoms with Crippen LogP contribution in [-0.2, 0) is 11.3 Å². The van der Waals surface area contributed by atoms with Gasteiger partial charge in [0.25, 0.3) is 0 Å². The van der Waals surface area contributed by atoms with E-state index in [1.165, 1.54) is 17.3 Å². The molecule has 1 aliphatic heterocycles. The first-order chi connectivity index (χ1) is 11.2. The zero-order valence-electron chi connectivity index (χ0n) is 13.2. The fourth-order valence-electron chi connectivity index (χ4n) is 2.72. The Morgan fingerprint density at radius 2 is 2.26 bits per heavy atom. The van der Waals surface area contributed by atoms with Crippen molar-refractivity contribution in [1.82, 2.24) is 25.4 Å². The first kappa shape index (κ1) is 16.0. The van der Waals surface area contributed by atoms with Crippen molar-refractivity contribution < 1.29 is 4.79 Å². The molecule has 0 aliphatic carbocycles. The molecular formula is C16H21N5OS. The molecule has 122 valence electrons. The molecule has 0 radical (unpaired) electrons. The van der Waals surface area contributed by atoms with E-state index in [4.69, 9.17) is 0 Å². The number of hydrogen-bond acceptors (Lipinski definition) is 5. The highest BCUT2D eigenvalue weighted by molar-refractivity contribution is 7.99. The largest absolute Gasteiger partial charge is 0.351 e. The molecule has 2 N–H and O–H groups in total. The molecule has 1 amide bonds. The topological polar surface area (TPSA) is 73.9 Å². The summed E-state index contributed by atoms with van der Waals surface area (Å²) < 4.78 is 0. The number of carbonyl (C=O) groups excluding carboxylic acids is 1. The first-order valence-corrected chi connectivity index (χ1v) is 8.75. The summed E-state index contributed by atoms with van der Waals surface area (Å²) in [6.45, 7) is 4.72. The maximum absolute atomic E-state index is 12.0. The van der Waals surface area contributed by atoms with Crippen LogP contribution < -0.4 is 5.32 Å². The number of H-pyrrole nitrogens is 1. The van der Waals surface area contributed by atoms with E-state index < -0.39 is 0 Å². The molecule has 1 aromatic heterocycles. The van der Waals surface area contributed by atoms with Gasteiger partial charge in [-0.05, 0) is 18.9 Å². The third-order valence-corrected chi connectivity index (χ3v) is 4.64. The van der Waals surface area contributed by atoms with E-state index in [2.05, 4.69) is 49.7 Å². The summed E-state index contributed by atoms with van der Waals surface area (Å²) in [6.07, 6.45) is 1.00. The van der Waals surface area contributed by atoms with E-state index >= 15 is 0 Å². The van der Waals surface area contributed by atoms with Crippen LogP contribution in [0.1, 0.15) is 17.8 Å². The number of hydrogen-bond donors (Lipinski definition) is 2. The summed E-state index contributed by atoms with van der Waals surface area (Å²) in [7, 11) is 0. The van der Waals surface area contributed by atoms with Crippen molar-refractivity contribution in [2.24, 2.45) is 0 Å². The molecule has 23 heavy (non-hydrogen) atoms. The van der Waals surface area contributed by atoms with E-state index in [9.17, 15) is 4.79 Å². The molecule has 0 unspecified atom stereocenters. The lowest BCUT2D eigenvalue weighted by molar-refractivity contribution is -0.119. The average molecular weight is 331 g/mol. The summed E-state index contributed by atoms with van der Waals surface area (Å²) >= 11 is 1.36. The van der Waals surface area contributed by atoms with Crippen LogP contribution in [0.2, 0.25) is 0 Å². The maximum Gasteiger partial charge on any atom is 0.230 e. The number of amides is 1. The third kappa shape index (κ3) is 4.80. The van der Waals surface area contributed by atoms with Crippen molar-refractivity contribution in [3.63, 3.8) is 0 Å². The molecule has 0 bridgehead atoms. The Labute approximate surface area is 140 Å². The fourth-order valence-corrected chi connectivity index (χ4v) is 3.38. The second-order valence-electron chi connectivity index (χ2n) is 5.77. The van der Waals surface area contributed by atoms with Gasteiger partial charge in [-0.3, -0.25) is 14.8 Å². The molecule has 2 heterocycles. The van der Waals surface area contributed by atoms with Gasteiger partial charge in [-0.25, -0.2) is 4.98 Å². The van der Waals surface area contributed by atoms with Gasteiger partial charge < -0.3 is 5.32 Å². The minimum atomic E-state index is 0.0454. The lowest BCUT2D eigenvalue weighted by Crippen LogP contribution is -2.38. The minimum absolute atomic E-state index is 0.0454. The Kier molecular flexibility index (Phi) is 5.30. The summed E-state index contributed by atoms with van der Waals surface area (Å²) in [5.41, 5.74) is 1.31. The Morgan fingerprint density at radius 1 is 1.43 bits per heavy atom. The van der Waals surface area contributed by atoms with Gasteiger partial charge in [0.2, 0.25) is 11.1 Å². The van der Waals surface area contributed by atoms with Crippen LogP contribution in [0.15, 0.2) is 35.5 Å². The van der Waals surface area contributed by atoms with Gasteiger partial charge in [0.15, 0.2) is 0 Å². The van der Waals surface area contributed by atoms with Gasteiger partial charge in [-0.1, -0.05) is 42.1 Å². The second kappa shape index (κ2) is 7.61. The van der Waals surface area contributed by atoms with Gasteiger partial charge in [-0.2, -0.15) is 0 Å². The zero-order valence-corrected chi connectivity index (χ0v) is 14.0. The van der Waals surface area contributed by atoms with Gasteiger partial charge in [0.05, 0.1) is 5.75 Å². The van der Waals surface area contributed by atoms with Crippen LogP contribution in [0.3, 0.4) is 0 Å². The Balaban J connectivity index is 1.40. The summed E-state index contributed by atoms with van der Waals surface area (Å²) in [5, 5.41) is 10.5. The van der Waals surface area contributed by atoms with Gasteiger partial charge in [0, 0.05) is 25.7 Å². The van der Waals surface area contributed by atoms with Crippen LogP contribution >= 0.6 is 11.8 Å². The number of rotatable bonds is 6. The van der Waals surface area contributed by atoms with Crippen LogP contribution in [0.5, 0.6) is 0 Å². The monoisotopic (exact) mass is 331 g/mol. The van der Waals surface area contributed by atoms with Crippen LogP contribution in [0.4, 0.5) is 0 Å². The highest BCUT2D eigenvalue weighted by Gasteiger charge is 2.23. The number of thioether (sulfide) groups is 1. The van der Waals surface area contributed by atoms with E-state index in [1.54, 1.807) is 0 Å². The lowest BCUT2D eigenvalue weighted by atomic mass is 10.2. The van der Waals surface area contributed by atoms with E-state index in [0.29, 0.717) is 10.9 Å². The van der Waals surface area contributed by atoms with Gasteiger partial charge in [0.1, 0.15) is 5.82 Å². The van der Waals surface area contributed by atoms with Crippen molar-refractivity contribution in [3.8, 4) is 0 Å². The van der Waals surface area contributed by atoms with Crippen LogP contribution in [0, 0.1) is 6.92 Å². The van der Waals surface area contributed by atoms with Crippen molar-refractivity contribution in [2.45, 2.75) is 31.1 Å². The van der Waals surface area contributed by atoms with Gasteiger partial charge >= 0.3 is 0 Å². The average Bonchev–Trinajstić information content (AvgIpc) is 3.15. The van der Waals surface area contributed by atoms with E-state index in [1.807, 2.05) is 13.0 Å². The van der Waals surface area contributed by atoms with E-state index in [-0.39, 0.29) is 11.9 Å². The highest BCUT2D eigenvalue weighted by Crippen LogP contribution is 2.15. The lowest BCUT2D eigenvalue weighted by Gasteiger charge is -2.16. The normalized spacial score (nSPS) is 18.2. The molecule has 0 spiro atoms. The number of nitrogens with zero attached hydrogens (tertiary/aromatic N) is 3. The highest BCUT2D eigenvalue weighted by atomic mass is 32.2. The van der Waals surface area contributed by atoms with Crippen molar-refractivity contribution >= 4 is 17.7 Å². The Hall–Kier alpha value is -1.86. The first-order valence-electron chi connectivity index (χ1n) is 7.76. The van der Waals surface area contributed by atoms with Crippen LogP contribution in [0.25, 0.3) is 0 Å². The Bertz CT molecular complexity index is 645. The zero-order chi connectivity index (χ0) is 16.1. The fraction of sp³-hybridized carbons (Fsp3) is 0.438. The molecule has 6 nitrogen and oxygen atoms in total. The third-order valence-electron chi connectivity index (χ3n) is 3.80.